The number of hydrogen-bond donors (Lipinski definition) is 1. The van der Waals surface area contributed by atoms with Crippen molar-refractivity contribution in [3.63, 3.8) is 0 Å². The molecule has 168 valence electrons. The largest absolute Gasteiger partial charge is 0.468 e. The minimum absolute atomic E-state index is 0.0986. The monoisotopic (exact) mass is 481 g/mol. The minimum Gasteiger partial charge on any atom is -0.468 e. The van der Waals surface area contributed by atoms with Gasteiger partial charge in [0.2, 0.25) is 0 Å². The third-order valence-electron chi connectivity index (χ3n) is 4.29. The lowest BCUT2D eigenvalue weighted by Gasteiger charge is -2.05. The molecule has 2 aromatic carbocycles. The zero-order chi connectivity index (χ0) is 23.1. The average molecular weight is 482 g/mol. The molecule has 1 N–H and O–H groups in total. The topological polar surface area (TPSA) is 111 Å². The number of nitrogens with zero attached hydrogens (tertiary/aromatic N) is 2. The van der Waals surface area contributed by atoms with Crippen LogP contribution < -0.4 is 10.2 Å². The van der Waals surface area contributed by atoms with Gasteiger partial charge in [-0.15, -0.1) is 11.3 Å². The number of sulfone groups is 1. The smallest absolute Gasteiger partial charge is 0.290 e. The van der Waals surface area contributed by atoms with Crippen LogP contribution in [0.4, 0.5) is 0 Å². The number of benzene rings is 2. The summed E-state index contributed by atoms with van der Waals surface area (Å²) in [5.74, 6) is 0.675. The van der Waals surface area contributed by atoms with E-state index in [9.17, 15) is 13.2 Å². The van der Waals surface area contributed by atoms with Crippen LogP contribution in [0.25, 0.3) is 0 Å². The fraction of sp³-hybridized carbons (Fsp3) is 0.0870. The van der Waals surface area contributed by atoms with E-state index >= 15 is 0 Å². The summed E-state index contributed by atoms with van der Waals surface area (Å²) in [5.41, 5.74) is 3.23. The van der Waals surface area contributed by atoms with E-state index in [1.165, 1.54) is 17.9 Å². The van der Waals surface area contributed by atoms with Gasteiger partial charge in [0.25, 0.3) is 5.91 Å². The van der Waals surface area contributed by atoms with Crippen LogP contribution in [0.2, 0.25) is 0 Å². The summed E-state index contributed by atoms with van der Waals surface area (Å²) in [6.45, 7) is 0. The van der Waals surface area contributed by atoms with Crippen LogP contribution in [0.5, 0.6) is 11.5 Å². The first-order chi connectivity index (χ1) is 16.0. The van der Waals surface area contributed by atoms with E-state index in [0.717, 1.165) is 16.9 Å². The highest BCUT2D eigenvalue weighted by molar-refractivity contribution is 7.89. The van der Waals surface area contributed by atoms with E-state index < -0.39 is 15.7 Å². The molecule has 0 aliphatic rings. The first-order valence-corrected chi connectivity index (χ1v) is 12.5. The number of carbonyl (C=O) groups is 1. The van der Waals surface area contributed by atoms with Crippen LogP contribution in [-0.4, -0.2) is 25.5 Å². The second-order valence-electron chi connectivity index (χ2n) is 6.92. The van der Waals surface area contributed by atoms with Gasteiger partial charge in [-0.3, -0.25) is 4.79 Å². The van der Waals surface area contributed by atoms with Crippen molar-refractivity contribution >= 4 is 33.3 Å². The predicted molar refractivity (Wildman–Crippen MR) is 125 cm³/mol. The van der Waals surface area contributed by atoms with Crippen LogP contribution >= 0.6 is 11.3 Å². The van der Waals surface area contributed by atoms with Crippen LogP contribution in [0, 0.1) is 0 Å². The molecule has 0 fully saturated rings. The number of amides is 1. The predicted octanol–water partition coefficient (Wildman–Crippen LogP) is 4.41. The van der Waals surface area contributed by atoms with E-state index in [1.54, 1.807) is 18.2 Å². The highest BCUT2D eigenvalue weighted by Crippen LogP contribution is 2.21. The molecule has 0 aliphatic heterocycles. The van der Waals surface area contributed by atoms with E-state index in [1.807, 2.05) is 48.5 Å². The van der Waals surface area contributed by atoms with Crippen molar-refractivity contribution in [2.45, 2.75) is 11.5 Å². The van der Waals surface area contributed by atoms with Crippen LogP contribution in [-0.2, 0) is 21.3 Å². The zero-order valence-electron chi connectivity index (χ0n) is 17.2. The van der Waals surface area contributed by atoms with Crippen LogP contribution in [0.1, 0.15) is 26.8 Å². The van der Waals surface area contributed by atoms with Crippen LogP contribution in [0.3, 0.4) is 0 Å². The molecular weight excluding hydrogens is 462 g/mol. The second-order valence-corrected chi connectivity index (χ2v) is 9.93. The molecule has 4 rings (SSSR count). The van der Waals surface area contributed by atoms with E-state index in [4.69, 9.17) is 9.15 Å². The van der Waals surface area contributed by atoms with Crippen molar-refractivity contribution in [2.75, 3.05) is 0 Å². The Labute approximate surface area is 194 Å². The summed E-state index contributed by atoms with van der Waals surface area (Å²) in [5, 5.41) is 5.77. The van der Waals surface area contributed by atoms with Gasteiger partial charge in [-0.25, -0.2) is 18.8 Å². The Hall–Kier alpha value is -3.76. The van der Waals surface area contributed by atoms with Gasteiger partial charge in [0.05, 0.1) is 12.5 Å². The molecule has 0 spiro atoms. The number of ether oxygens (including phenoxy) is 1. The summed E-state index contributed by atoms with van der Waals surface area (Å²) in [6, 6.07) is 19.8. The van der Waals surface area contributed by atoms with Gasteiger partial charge in [0, 0.05) is 5.38 Å². The number of furan rings is 1. The molecule has 0 aliphatic carbocycles. The quantitative estimate of drug-likeness (QED) is 0.280. The van der Waals surface area contributed by atoms with Crippen molar-refractivity contribution in [1.82, 2.24) is 10.4 Å². The lowest BCUT2D eigenvalue weighted by molar-refractivity contribution is 0.0950. The zero-order valence-corrected chi connectivity index (χ0v) is 18.9. The van der Waals surface area contributed by atoms with Gasteiger partial charge in [0.15, 0.2) is 9.84 Å². The summed E-state index contributed by atoms with van der Waals surface area (Å²) >= 11 is 1.10. The maximum absolute atomic E-state index is 12.3. The maximum atomic E-state index is 12.3. The number of hydrazone groups is 1. The van der Waals surface area contributed by atoms with Gasteiger partial charge in [-0.1, -0.05) is 30.3 Å². The molecule has 10 heteroatoms. The number of nitrogens with one attached hydrogen (secondary N) is 1. The standard InChI is InChI=1S/C23H19N3O5S2/c27-23(21-14-32-22(25-21)16-33(28,29)15-20-10-5-11-30-20)26-24-13-17-6-4-9-19(12-17)31-18-7-2-1-3-8-18/h1-14H,15-16H2,(H,26,27)/b24-13+. The van der Waals surface area contributed by atoms with Crippen molar-refractivity contribution in [2.24, 2.45) is 5.10 Å². The molecule has 0 saturated carbocycles. The van der Waals surface area contributed by atoms with Crippen molar-refractivity contribution in [1.29, 1.82) is 0 Å². The summed E-state index contributed by atoms with van der Waals surface area (Å²) < 4.78 is 35.4. The Kier molecular flexibility index (Phi) is 6.96. The van der Waals surface area contributed by atoms with E-state index in [2.05, 4.69) is 15.5 Å². The molecule has 33 heavy (non-hydrogen) atoms. The number of hydrogen-bond acceptors (Lipinski definition) is 8. The first kappa shape index (κ1) is 22.4. The number of rotatable bonds is 9. The fourth-order valence-corrected chi connectivity index (χ4v) is 5.35. The molecule has 0 bridgehead atoms. The van der Waals surface area contributed by atoms with Crippen molar-refractivity contribution in [3.05, 3.63) is 100 Å². The van der Waals surface area contributed by atoms with E-state index in [0.29, 0.717) is 22.3 Å². The normalized spacial score (nSPS) is 11.5. The third-order valence-corrected chi connectivity index (χ3v) is 6.76. The molecule has 0 radical (unpaired) electrons. The number of thiazole rings is 1. The molecule has 2 heterocycles. The Bertz CT molecular complexity index is 1350. The Morgan fingerprint density at radius 2 is 1.88 bits per heavy atom. The lowest BCUT2D eigenvalue weighted by Crippen LogP contribution is -2.18. The molecule has 8 nitrogen and oxygen atoms in total. The molecule has 0 saturated heterocycles. The number of aromatic nitrogens is 1. The molecular formula is C23H19N3O5S2. The fourth-order valence-electron chi connectivity index (χ4n) is 2.84. The number of para-hydroxylation sites is 1. The summed E-state index contributed by atoms with van der Waals surface area (Å²) in [7, 11) is -3.47. The Morgan fingerprint density at radius 3 is 2.67 bits per heavy atom. The summed E-state index contributed by atoms with van der Waals surface area (Å²) in [4.78, 5) is 16.4. The first-order valence-electron chi connectivity index (χ1n) is 9.80. The Balaban J connectivity index is 1.33. The number of carbonyl (C=O) groups excluding carboxylic acids is 1. The second kappa shape index (κ2) is 10.2. The highest BCUT2D eigenvalue weighted by Gasteiger charge is 2.19. The van der Waals surface area contributed by atoms with Crippen molar-refractivity contribution in [3.8, 4) is 11.5 Å². The highest BCUT2D eigenvalue weighted by atomic mass is 32.2. The van der Waals surface area contributed by atoms with E-state index in [-0.39, 0.29) is 17.2 Å². The van der Waals surface area contributed by atoms with Crippen molar-refractivity contribution < 1.29 is 22.4 Å². The molecule has 2 aromatic heterocycles. The van der Waals surface area contributed by atoms with Gasteiger partial charge in [0.1, 0.15) is 39.5 Å². The average Bonchev–Trinajstić information content (AvgIpc) is 3.46. The van der Waals surface area contributed by atoms with Gasteiger partial charge >= 0.3 is 0 Å². The minimum atomic E-state index is -3.47. The third kappa shape index (κ3) is 6.61. The van der Waals surface area contributed by atoms with Gasteiger partial charge < -0.3 is 9.15 Å². The molecule has 0 atom stereocenters. The summed E-state index contributed by atoms with van der Waals surface area (Å²) in [6.07, 6.45) is 2.90. The molecule has 0 unspecified atom stereocenters. The molecule has 1 amide bonds. The lowest BCUT2D eigenvalue weighted by atomic mass is 10.2. The van der Waals surface area contributed by atoms with Gasteiger partial charge in [-0.2, -0.15) is 5.10 Å². The van der Waals surface area contributed by atoms with Crippen LogP contribution in [0.15, 0.2) is 87.9 Å². The molecule has 4 aromatic rings. The SMILES string of the molecule is O=C(N/N=C/c1cccc(Oc2ccccc2)c1)c1csc(CS(=O)(=O)Cc2ccco2)n1. The Morgan fingerprint density at radius 1 is 1.06 bits per heavy atom. The maximum Gasteiger partial charge on any atom is 0.290 e. The van der Waals surface area contributed by atoms with Gasteiger partial charge in [-0.05, 0) is 42.0 Å².